The van der Waals surface area contributed by atoms with E-state index in [1.54, 1.807) is 36.1 Å². The number of benzene rings is 2. The minimum absolute atomic E-state index is 0.151. The summed E-state index contributed by atoms with van der Waals surface area (Å²) in [7, 11) is -3.59. The van der Waals surface area contributed by atoms with E-state index >= 15 is 0 Å². The zero-order chi connectivity index (χ0) is 19.4. The number of halogens is 1. The van der Waals surface area contributed by atoms with E-state index in [0.29, 0.717) is 23.9 Å². The van der Waals surface area contributed by atoms with Crippen molar-refractivity contribution in [2.75, 3.05) is 26.2 Å². The molecular weight excluding hydrogens is 388 g/mol. The number of piperazine rings is 1. The number of amides is 1. The van der Waals surface area contributed by atoms with Crippen molar-refractivity contribution in [3.8, 4) is 5.75 Å². The lowest BCUT2D eigenvalue weighted by molar-refractivity contribution is -0.139. The van der Waals surface area contributed by atoms with E-state index in [4.69, 9.17) is 16.3 Å². The van der Waals surface area contributed by atoms with Crippen LogP contribution < -0.4 is 4.74 Å². The van der Waals surface area contributed by atoms with Gasteiger partial charge in [0.05, 0.1) is 4.90 Å². The van der Waals surface area contributed by atoms with Crippen molar-refractivity contribution < 1.29 is 17.9 Å². The second kappa shape index (κ2) is 8.29. The number of carbonyl (C=O) groups is 1. The molecule has 0 N–H and O–H groups in total. The van der Waals surface area contributed by atoms with Crippen molar-refractivity contribution >= 4 is 27.5 Å². The van der Waals surface area contributed by atoms with Crippen LogP contribution in [-0.2, 0) is 14.8 Å². The molecule has 0 spiro atoms. The minimum Gasteiger partial charge on any atom is -0.481 e. The van der Waals surface area contributed by atoms with Gasteiger partial charge in [-0.1, -0.05) is 29.8 Å². The maximum absolute atomic E-state index is 12.7. The van der Waals surface area contributed by atoms with Crippen LogP contribution in [0.1, 0.15) is 6.92 Å². The first-order valence-electron chi connectivity index (χ1n) is 8.64. The third kappa shape index (κ3) is 4.61. The van der Waals surface area contributed by atoms with Crippen molar-refractivity contribution in [1.82, 2.24) is 9.21 Å². The van der Waals surface area contributed by atoms with Crippen LogP contribution in [0.5, 0.6) is 5.75 Å². The molecule has 0 radical (unpaired) electrons. The number of para-hydroxylation sites is 1. The monoisotopic (exact) mass is 408 g/mol. The molecule has 0 aromatic heterocycles. The Morgan fingerprint density at radius 2 is 1.59 bits per heavy atom. The van der Waals surface area contributed by atoms with Crippen LogP contribution in [-0.4, -0.2) is 55.8 Å². The Labute approximate surface area is 164 Å². The quantitative estimate of drug-likeness (QED) is 0.762. The number of sulfonamides is 1. The molecule has 27 heavy (non-hydrogen) atoms. The topological polar surface area (TPSA) is 66.9 Å². The van der Waals surface area contributed by atoms with Gasteiger partial charge < -0.3 is 9.64 Å². The Kier molecular flexibility index (Phi) is 6.04. The zero-order valence-corrected chi connectivity index (χ0v) is 16.5. The highest BCUT2D eigenvalue weighted by Crippen LogP contribution is 2.20. The molecule has 2 aromatic carbocycles. The first kappa shape index (κ1) is 19.7. The summed E-state index contributed by atoms with van der Waals surface area (Å²) in [5.41, 5.74) is 0. The fraction of sp³-hybridized carbons (Fsp3) is 0.316. The Bertz CT molecular complexity index is 880. The molecular formula is C19H21ClN2O4S. The average molecular weight is 409 g/mol. The van der Waals surface area contributed by atoms with Gasteiger partial charge in [-0.15, -0.1) is 0 Å². The molecule has 1 aliphatic heterocycles. The van der Waals surface area contributed by atoms with E-state index in [0.717, 1.165) is 0 Å². The second-order valence-electron chi connectivity index (χ2n) is 6.26. The molecule has 0 bridgehead atoms. The van der Waals surface area contributed by atoms with Crippen molar-refractivity contribution in [2.45, 2.75) is 17.9 Å². The van der Waals surface area contributed by atoms with Gasteiger partial charge in [-0.2, -0.15) is 4.31 Å². The molecule has 0 unspecified atom stereocenters. The molecule has 1 heterocycles. The van der Waals surface area contributed by atoms with Crippen molar-refractivity contribution in [1.29, 1.82) is 0 Å². The molecule has 3 rings (SSSR count). The third-order valence-corrected chi connectivity index (χ3v) is 6.57. The lowest BCUT2D eigenvalue weighted by Gasteiger charge is -2.35. The highest BCUT2D eigenvalue weighted by Gasteiger charge is 2.32. The maximum atomic E-state index is 12.7. The number of hydrogen-bond acceptors (Lipinski definition) is 4. The third-order valence-electron chi connectivity index (χ3n) is 4.41. The summed E-state index contributed by atoms with van der Waals surface area (Å²) in [6.45, 7) is 2.85. The number of ether oxygens (including phenoxy) is 1. The summed E-state index contributed by atoms with van der Waals surface area (Å²) in [6.07, 6.45) is -0.633. The maximum Gasteiger partial charge on any atom is 0.263 e. The van der Waals surface area contributed by atoms with E-state index in [1.165, 1.54) is 16.4 Å². The lowest BCUT2D eigenvalue weighted by Crippen LogP contribution is -2.53. The molecule has 1 atom stereocenters. The van der Waals surface area contributed by atoms with Crippen LogP contribution >= 0.6 is 11.6 Å². The normalized spacial score (nSPS) is 16.7. The Hall–Kier alpha value is -2.09. The van der Waals surface area contributed by atoms with Crippen LogP contribution in [0.2, 0.25) is 5.02 Å². The minimum atomic E-state index is -3.59. The average Bonchev–Trinajstić information content (AvgIpc) is 2.68. The Balaban J connectivity index is 1.59. The van der Waals surface area contributed by atoms with Gasteiger partial charge in [-0.3, -0.25) is 4.79 Å². The molecule has 1 saturated heterocycles. The summed E-state index contributed by atoms with van der Waals surface area (Å²) in [5.74, 6) is 0.477. The molecule has 144 valence electrons. The van der Waals surface area contributed by atoms with Crippen molar-refractivity contribution in [2.24, 2.45) is 0 Å². The molecule has 8 heteroatoms. The molecule has 1 fully saturated rings. The Morgan fingerprint density at radius 3 is 2.19 bits per heavy atom. The van der Waals surface area contributed by atoms with Gasteiger partial charge in [-0.05, 0) is 43.3 Å². The fourth-order valence-corrected chi connectivity index (χ4v) is 4.46. The number of rotatable bonds is 5. The molecule has 0 aliphatic carbocycles. The van der Waals surface area contributed by atoms with Gasteiger partial charge in [-0.25, -0.2) is 8.42 Å². The summed E-state index contributed by atoms with van der Waals surface area (Å²) in [5, 5.41) is 0.483. The predicted octanol–water partition coefficient (Wildman–Crippen LogP) is 2.64. The van der Waals surface area contributed by atoms with E-state index in [-0.39, 0.29) is 23.9 Å². The summed E-state index contributed by atoms with van der Waals surface area (Å²) in [4.78, 5) is 14.4. The van der Waals surface area contributed by atoms with Crippen LogP contribution in [0.3, 0.4) is 0 Å². The highest BCUT2D eigenvalue weighted by atomic mass is 35.5. The zero-order valence-electron chi connectivity index (χ0n) is 14.9. The molecule has 6 nitrogen and oxygen atoms in total. The van der Waals surface area contributed by atoms with Crippen molar-refractivity contribution in [3.63, 3.8) is 0 Å². The summed E-state index contributed by atoms with van der Waals surface area (Å²) in [6, 6.07) is 15.2. The van der Waals surface area contributed by atoms with Crippen LogP contribution in [0.15, 0.2) is 59.5 Å². The molecule has 2 aromatic rings. The largest absolute Gasteiger partial charge is 0.481 e. The van der Waals surface area contributed by atoms with E-state index in [1.807, 2.05) is 18.2 Å². The smallest absolute Gasteiger partial charge is 0.263 e. The molecule has 1 amide bonds. The molecule has 1 aliphatic rings. The van der Waals surface area contributed by atoms with E-state index < -0.39 is 16.1 Å². The van der Waals surface area contributed by atoms with E-state index in [9.17, 15) is 13.2 Å². The fourth-order valence-electron chi connectivity index (χ4n) is 2.92. The highest BCUT2D eigenvalue weighted by molar-refractivity contribution is 7.89. The first-order chi connectivity index (χ1) is 12.9. The second-order valence-corrected chi connectivity index (χ2v) is 8.63. The van der Waals surface area contributed by atoms with Gasteiger partial charge in [0.2, 0.25) is 10.0 Å². The van der Waals surface area contributed by atoms with Gasteiger partial charge >= 0.3 is 0 Å². The number of hydrogen-bond donors (Lipinski definition) is 0. The summed E-state index contributed by atoms with van der Waals surface area (Å²) >= 11 is 5.82. The first-order valence-corrected chi connectivity index (χ1v) is 10.5. The van der Waals surface area contributed by atoms with E-state index in [2.05, 4.69) is 0 Å². The van der Waals surface area contributed by atoms with Crippen LogP contribution in [0, 0.1) is 0 Å². The standard InChI is InChI=1S/C19H21ClN2O4S/c1-15(26-17-5-3-2-4-6-17)19(23)21-11-13-22(14-12-21)27(24,25)18-9-7-16(20)8-10-18/h2-10,15H,11-14H2,1H3/t15-/m1/s1. The lowest BCUT2D eigenvalue weighted by atomic mass is 10.3. The van der Waals surface area contributed by atoms with Gasteiger partial charge in [0.15, 0.2) is 6.10 Å². The predicted molar refractivity (Wildman–Crippen MR) is 103 cm³/mol. The summed E-state index contributed by atoms with van der Waals surface area (Å²) < 4.78 is 32.5. The van der Waals surface area contributed by atoms with Crippen LogP contribution in [0.4, 0.5) is 0 Å². The van der Waals surface area contributed by atoms with Gasteiger partial charge in [0, 0.05) is 31.2 Å². The molecule has 0 saturated carbocycles. The number of carbonyl (C=O) groups excluding carboxylic acids is 1. The van der Waals surface area contributed by atoms with Crippen LogP contribution in [0.25, 0.3) is 0 Å². The Morgan fingerprint density at radius 1 is 1.00 bits per heavy atom. The van der Waals surface area contributed by atoms with Gasteiger partial charge in [0.25, 0.3) is 5.91 Å². The SMILES string of the molecule is C[C@@H](Oc1ccccc1)C(=O)N1CCN(S(=O)(=O)c2ccc(Cl)cc2)CC1. The van der Waals surface area contributed by atoms with Gasteiger partial charge in [0.1, 0.15) is 5.75 Å². The number of nitrogens with zero attached hydrogens (tertiary/aromatic N) is 2. The van der Waals surface area contributed by atoms with Crippen molar-refractivity contribution in [3.05, 3.63) is 59.6 Å².